The lowest BCUT2D eigenvalue weighted by Gasteiger charge is -2.55. The number of rotatable bonds is 7. The maximum atomic E-state index is 13.8. The molecular weight excluding hydrogens is 347 g/mol. The number of benzene rings is 1. The third-order valence-electron chi connectivity index (χ3n) is 4.92. The summed E-state index contributed by atoms with van der Waals surface area (Å²) >= 11 is 3.47. The van der Waals surface area contributed by atoms with Crippen molar-refractivity contribution >= 4 is 31.1 Å². The first-order valence-corrected chi connectivity index (χ1v) is 11.3. The zero-order chi connectivity index (χ0) is 16.1. The summed E-state index contributed by atoms with van der Waals surface area (Å²) in [7, 11) is -3.23. The molecule has 1 saturated heterocycles. The van der Waals surface area contributed by atoms with Gasteiger partial charge in [-0.15, -0.1) is 11.8 Å². The molecule has 0 bridgehead atoms. The number of hydrogen-bond acceptors (Lipinski definition) is 5. The second-order valence-corrected chi connectivity index (χ2v) is 11.8. The standard InChI is InChI=1S/C17H21O3PS2/c1-3-19-21(18,20-4-2)17(22-14-8-6-5-7-9-14)16-12-13(16)10-11-15(16)23-17/h5-11,13,15H,3-4,12H2,1-2H3. The van der Waals surface area contributed by atoms with Gasteiger partial charge in [0.25, 0.3) is 0 Å². The van der Waals surface area contributed by atoms with Crippen molar-refractivity contribution in [3.05, 3.63) is 42.5 Å². The van der Waals surface area contributed by atoms with Gasteiger partial charge in [-0.3, -0.25) is 4.57 Å². The zero-order valence-corrected chi connectivity index (χ0v) is 15.8. The Hall–Kier alpha value is -0.190. The molecule has 0 radical (unpaired) electrons. The van der Waals surface area contributed by atoms with Crippen LogP contribution >= 0.6 is 31.1 Å². The molecule has 4 atom stereocenters. The minimum absolute atomic E-state index is 0.0536. The van der Waals surface area contributed by atoms with Crippen molar-refractivity contribution in [1.82, 2.24) is 0 Å². The van der Waals surface area contributed by atoms with Gasteiger partial charge in [0.2, 0.25) is 0 Å². The minimum atomic E-state index is -3.23. The SMILES string of the molecule is CCOP(=O)(OCC)C1(Sc2ccccc2)SC2C=CC3CC321. The van der Waals surface area contributed by atoms with E-state index in [0.717, 1.165) is 11.3 Å². The van der Waals surface area contributed by atoms with Gasteiger partial charge in [0, 0.05) is 15.6 Å². The Bertz CT molecular complexity index is 670. The molecule has 2 fully saturated rings. The zero-order valence-electron chi connectivity index (χ0n) is 13.3. The van der Waals surface area contributed by atoms with Crippen LogP contribution in [0.25, 0.3) is 0 Å². The Balaban J connectivity index is 1.75. The van der Waals surface area contributed by atoms with E-state index in [-0.39, 0.29) is 5.41 Å². The van der Waals surface area contributed by atoms with E-state index in [9.17, 15) is 4.57 Å². The van der Waals surface area contributed by atoms with Crippen molar-refractivity contribution in [3.8, 4) is 0 Å². The normalized spacial score (nSPS) is 37.1. The van der Waals surface area contributed by atoms with Crippen LogP contribution in [0.15, 0.2) is 47.4 Å². The van der Waals surface area contributed by atoms with E-state index >= 15 is 0 Å². The van der Waals surface area contributed by atoms with E-state index < -0.39 is 11.4 Å². The third kappa shape index (κ3) is 2.10. The van der Waals surface area contributed by atoms with Crippen LogP contribution in [0.1, 0.15) is 20.3 Å². The van der Waals surface area contributed by atoms with Gasteiger partial charge in [-0.2, -0.15) is 0 Å². The lowest BCUT2D eigenvalue weighted by molar-refractivity contribution is 0.204. The highest BCUT2D eigenvalue weighted by Crippen LogP contribution is 2.93. The number of allylic oxidation sites excluding steroid dienone is 1. The van der Waals surface area contributed by atoms with Crippen molar-refractivity contribution in [2.75, 3.05) is 13.2 Å². The monoisotopic (exact) mass is 368 g/mol. The third-order valence-corrected chi connectivity index (χ3v) is 12.4. The maximum absolute atomic E-state index is 13.8. The Morgan fingerprint density at radius 2 is 1.91 bits per heavy atom. The number of hydrogen-bond donors (Lipinski definition) is 0. The van der Waals surface area contributed by atoms with Gasteiger partial charge in [-0.1, -0.05) is 42.1 Å². The fourth-order valence-corrected chi connectivity index (χ4v) is 11.8. The van der Waals surface area contributed by atoms with Crippen LogP contribution in [-0.2, 0) is 13.6 Å². The molecule has 1 saturated carbocycles. The highest BCUT2D eigenvalue weighted by molar-refractivity contribution is 8.27. The summed E-state index contributed by atoms with van der Waals surface area (Å²) in [4.78, 5) is 1.13. The minimum Gasteiger partial charge on any atom is -0.307 e. The predicted octanol–water partition coefficient (Wildman–Crippen LogP) is 5.39. The molecule has 0 amide bonds. The molecule has 4 rings (SSSR count). The van der Waals surface area contributed by atoms with Gasteiger partial charge < -0.3 is 9.05 Å². The van der Waals surface area contributed by atoms with E-state index in [4.69, 9.17) is 9.05 Å². The molecule has 2 aliphatic carbocycles. The highest BCUT2D eigenvalue weighted by atomic mass is 32.2. The lowest BCUT2D eigenvalue weighted by atomic mass is 10.0. The smallest absolute Gasteiger partial charge is 0.307 e. The van der Waals surface area contributed by atoms with Crippen LogP contribution in [0.5, 0.6) is 0 Å². The summed E-state index contributed by atoms with van der Waals surface area (Å²) in [5.74, 6) is 0.527. The van der Waals surface area contributed by atoms with Gasteiger partial charge in [0.15, 0.2) is 3.82 Å². The van der Waals surface area contributed by atoms with E-state index in [0.29, 0.717) is 24.4 Å². The molecule has 3 aliphatic rings. The van der Waals surface area contributed by atoms with Gasteiger partial charge in [0.05, 0.1) is 13.2 Å². The largest absolute Gasteiger partial charge is 0.357 e. The van der Waals surface area contributed by atoms with Crippen LogP contribution in [-0.4, -0.2) is 22.3 Å². The second kappa shape index (κ2) is 5.67. The molecule has 124 valence electrons. The molecule has 0 N–H and O–H groups in total. The summed E-state index contributed by atoms with van der Waals surface area (Å²) in [6.07, 6.45) is 5.68. The average Bonchev–Trinajstić information content (AvgIpc) is 3.23. The molecule has 6 heteroatoms. The summed E-state index contributed by atoms with van der Waals surface area (Å²) in [6, 6.07) is 10.2. The van der Waals surface area contributed by atoms with E-state index in [2.05, 4.69) is 24.3 Å². The van der Waals surface area contributed by atoms with Crippen molar-refractivity contribution in [1.29, 1.82) is 0 Å². The molecule has 23 heavy (non-hydrogen) atoms. The Morgan fingerprint density at radius 1 is 1.22 bits per heavy atom. The van der Waals surface area contributed by atoms with Gasteiger partial charge in [0.1, 0.15) is 0 Å². The van der Waals surface area contributed by atoms with E-state index in [1.54, 1.807) is 23.5 Å². The van der Waals surface area contributed by atoms with Crippen molar-refractivity contribution < 1.29 is 13.6 Å². The fourth-order valence-electron chi connectivity index (χ4n) is 3.88. The Kier molecular flexibility index (Phi) is 4.02. The topological polar surface area (TPSA) is 35.5 Å². The van der Waals surface area contributed by atoms with Crippen LogP contribution < -0.4 is 0 Å². The molecule has 1 spiro atoms. The summed E-state index contributed by atoms with van der Waals surface area (Å²) in [5.41, 5.74) is 0.0536. The molecule has 1 aliphatic heterocycles. The van der Waals surface area contributed by atoms with Crippen molar-refractivity contribution in [3.63, 3.8) is 0 Å². The Labute approximate surface area is 146 Å². The van der Waals surface area contributed by atoms with Crippen LogP contribution in [0.3, 0.4) is 0 Å². The molecule has 3 nitrogen and oxygen atoms in total. The molecule has 1 aromatic rings. The molecule has 4 unspecified atom stereocenters. The van der Waals surface area contributed by atoms with Crippen molar-refractivity contribution in [2.24, 2.45) is 11.3 Å². The van der Waals surface area contributed by atoms with Gasteiger partial charge in [-0.05, 0) is 38.3 Å². The molecule has 1 aromatic carbocycles. The van der Waals surface area contributed by atoms with E-state index in [1.165, 1.54) is 0 Å². The summed E-state index contributed by atoms with van der Waals surface area (Å²) in [5, 5.41) is 0.456. The quantitative estimate of drug-likeness (QED) is 0.476. The molecule has 0 aromatic heterocycles. The predicted molar refractivity (Wildman–Crippen MR) is 96.9 cm³/mol. The maximum Gasteiger partial charge on any atom is 0.357 e. The molecule has 1 heterocycles. The van der Waals surface area contributed by atoms with Gasteiger partial charge in [-0.25, -0.2) is 0 Å². The Morgan fingerprint density at radius 3 is 2.48 bits per heavy atom. The first-order chi connectivity index (χ1) is 11.1. The summed E-state index contributed by atoms with van der Waals surface area (Å²) < 4.78 is 24.9. The van der Waals surface area contributed by atoms with Gasteiger partial charge >= 0.3 is 7.60 Å². The van der Waals surface area contributed by atoms with Crippen LogP contribution in [0.2, 0.25) is 0 Å². The highest BCUT2D eigenvalue weighted by Gasteiger charge is 2.85. The van der Waals surface area contributed by atoms with Crippen LogP contribution in [0, 0.1) is 11.3 Å². The first kappa shape index (κ1) is 16.3. The average molecular weight is 368 g/mol. The van der Waals surface area contributed by atoms with Crippen LogP contribution in [0.4, 0.5) is 0 Å². The van der Waals surface area contributed by atoms with Crippen molar-refractivity contribution in [2.45, 2.75) is 34.2 Å². The fraction of sp³-hybridized carbons (Fsp3) is 0.529. The molecular formula is C17H21O3PS2. The van der Waals surface area contributed by atoms with E-state index in [1.807, 2.05) is 32.0 Å². The lowest BCUT2D eigenvalue weighted by Crippen LogP contribution is -2.51. The first-order valence-electron chi connectivity index (χ1n) is 8.11. The summed E-state index contributed by atoms with van der Waals surface area (Å²) in [6.45, 7) is 4.60. The number of thioether (sulfide) groups is 2. The second-order valence-electron chi connectivity index (χ2n) is 6.10.